The minimum Gasteiger partial charge on any atom is -0.480 e. The number of rotatable bonds is 5. The van der Waals surface area contributed by atoms with Crippen LogP contribution in [0.2, 0.25) is 0 Å². The SMILES string of the molecule is CCC(N)(CC)c1nc(-c2ccc(OC)nn2)no1. The molecule has 19 heavy (non-hydrogen) atoms. The number of nitrogens with zero attached hydrogens (tertiary/aromatic N) is 4. The molecule has 0 bridgehead atoms. The molecule has 0 aliphatic rings. The molecule has 2 heterocycles. The highest BCUT2D eigenvalue weighted by molar-refractivity contribution is 5.47. The smallest absolute Gasteiger partial charge is 0.247 e. The monoisotopic (exact) mass is 263 g/mol. The molecule has 0 atom stereocenters. The van der Waals surface area contributed by atoms with Crippen LogP contribution < -0.4 is 10.5 Å². The molecule has 0 amide bonds. The van der Waals surface area contributed by atoms with Gasteiger partial charge in [-0.1, -0.05) is 19.0 Å². The highest BCUT2D eigenvalue weighted by Crippen LogP contribution is 2.25. The molecule has 0 fully saturated rings. The van der Waals surface area contributed by atoms with Crippen molar-refractivity contribution < 1.29 is 9.26 Å². The summed E-state index contributed by atoms with van der Waals surface area (Å²) in [4.78, 5) is 4.30. The van der Waals surface area contributed by atoms with Gasteiger partial charge in [0.25, 0.3) is 0 Å². The summed E-state index contributed by atoms with van der Waals surface area (Å²) in [5.41, 5.74) is 6.13. The normalized spacial score (nSPS) is 11.6. The summed E-state index contributed by atoms with van der Waals surface area (Å²) in [6.45, 7) is 3.97. The molecule has 102 valence electrons. The van der Waals surface area contributed by atoms with Crippen LogP contribution >= 0.6 is 0 Å². The molecule has 0 unspecified atom stereocenters. The van der Waals surface area contributed by atoms with Crippen LogP contribution in [-0.4, -0.2) is 27.4 Å². The highest BCUT2D eigenvalue weighted by Gasteiger charge is 2.30. The molecule has 0 spiro atoms. The van der Waals surface area contributed by atoms with E-state index in [1.54, 1.807) is 12.1 Å². The van der Waals surface area contributed by atoms with E-state index < -0.39 is 5.54 Å². The van der Waals surface area contributed by atoms with Crippen molar-refractivity contribution in [2.75, 3.05) is 7.11 Å². The van der Waals surface area contributed by atoms with Crippen molar-refractivity contribution in [1.82, 2.24) is 20.3 Å². The zero-order chi connectivity index (χ0) is 13.9. The lowest BCUT2D eigenvalue weighted by molar-refractivity contribution is 0.268. The second kappa shape index (κ2) is 5.31. The van der Waals surface area contributed by atoms with E-state index in [-0.39, 0.29) is 0 Å². The Bertz CT molecular complexity index is 533. The van der Waals surface area contributed by atoms with Crippen LogP contribution in [0.25, 0.3) is 11.5 Å². The molecule has 0 saturated carbocycles. The number of methoxy groups -OCH3 is 1. The molecule has 2 aromatic rings. The van der Waals surface area contributed by atoms with Gasteiger partial charge in [0.1, 0.15) is 5.69 Å². The van der Waals surface area contributed by atoms with Crippen LogP contribution in [0.1, 0.15) is 32.6 Å². The van der Waals surface area contributed by atoms with Gasteiger partial charge in [-0.15, -0.1) is 10.2 Å². The first-order valence-corrected chi connectivity index (χ1v) is 6.14. The molecule has 0 aliphatic carbocycles. The summed E-state index contributed by atoms with van der Waals surface area (Å²) in [7, 11) is 1.53. The second-order valence-electron chi connectivity index (χ2n) is 4.25. The number of aromatic nitrogens is 4. The predicted octanol–water partition coefficient (Wildman–Crippen LogP) is 1.51. The molecule has 0 aliphatic heterocycles. The molecule has 2 rings (SSSR count). The molecule has 2 N–H and O–H groups in total. The van der Waals surface area contributed by atoms with Crippen LogP contribution in [0.3, 0.4) is 0 Å². The molecule has 7 heteroatoms. The zero-order valence-corrected chi connectivity index (χ0v) is 11.3. The number of hydrogen-bond donors (Lipinski definition) is 1. The maximum atomic E-state index is 6.20. The maximum Gasteiger partial charge on any atom is 0.247 e. The quantitative estimate of drug-likeness (QED) is 0.872. The first kappa shape index (κ1) is 13.4. The summed E-state index contributed by atoms with van der Waals surface area (Å²) in [6, 6.07) is 3.41. The van der Waals surface area contributed by atoms with Crippen molar-refractivity contribution >= 4 is 0 Å². The lowest BCUT2D eigenvalue weighted by Crippen LogP contribution is -2.35. The van der Waals surface area contributed by atoms with E-state index in [2.05, 4.69) is 20.3 Å². The van der Waals surface area contributed by atoms with Gasteiger partial charge in [0.2, 0.25) is 17.6 Å². The standard InChI is InChI=1S/C12H17N5O2/c1-4-12(13,5-2)11-14-10(17-19-11)8-6-7-9(18-3)16-15-8/h6-7H,4-5,13H2,1-3H3. The lowest BCUT2D eigenvalue weighted by Gasteiger charge is -2.20. The van der Waals surface area contributed by atoms with Crippen LogP contribution in [-0.2, 0) is 5.54 Å². The summed E-state index contributed by atoms with van der Waals surface area (Å²) in [5, 5.41) is 11.7. The molecule has 7 nitrogen and oxygen atoms in total. The Kier molecular flexibility index (Phi) is 3.75. The fraction of sp³-hybridized carbons (Fsp3) is 0.500. The largest absolute Gasteiger partial charge is 0.480 e. The van der Waals surface area contributed by atoms with E-state index in [9.17, 15) is 0 Å². The van der Waals surface area contributed by atoms with Gasteiger partial charge in [-0.25, -0.2) is 0 Å². The van der Waals surface area contributed by atoms with E-state index >= 15 is 0 Å². The average molecular weight is 263 g/mol. The summed E-state index contributed by atoms with van der Waals surface area (Å²) < 4.78 is 10.2. The van der Waals surface area contributed by atoms with E-state index in [0.717, 1.165) is 12.8 Å². The Morgan fingerprint density at radius 1 is 1.26 bits per heavy atom. The van der Waals surface area contributed by atoms with E-state index in [4.69, 9.17) is 15.0 Å². The number of hydrogen-bond acceptors (Lipinski definition) is 7. The third-order valence-electron chi connectivity index (χ3n) is 3.19. The van der Waals surface area contributed by atoms with Crippen molar-refractivity contribution in [2.24, 2.45) is 5.73 Å². The van der Waals surface area contributed by atoms with Crippen molar-refractivity contribution in [3.63, 3.8) is 0 Å². The molecule has 0 radical (unpaired) electrons. The molecule has 2 aromatic heterocycles. The minimum absolute atomic E-state index is 0.377. The van der Waals surface area contributed by atoms with Crippen LogP contribution in [0.5, 0.6) is 5.88 Å². The van der Waals surface area contributed by atoms with Crippen LogP contribution in [0.15, 0.2) is 16.7 Å². The second-order valence-corrected chi connectivity index (χ2v) is 4.25. The summed E-state index contributed by atoms with van der Waals surface area (Å²) in [6.07, 6.45) is 1.44. The Morgan fingerprint density at radius 3 is 2.53 bits per heavy atom. The average Bonchev–Trinajstić information content (AvgIpc) is 2.97. The first-order valence-electron chi connectivity index (χ1n) is 6.14. The number of ether oxygens (including phenoxy) is 1. The van der Waals surface area contributed by atoms with Crippen molar-refractivity contribution in [3.05, 3.63) is 18.0 Å². The highest BCUT2D eigenvalue weighted by atomic mass is 16.5. The molecular formula is C12H17N5O2. The molecular weight excluding hydrogens is 246 g/mol. The third kappa shape index (κ3) is 2.55. The van der Waals surface area contributed by atoms with Gasteiger partial charge in [0.05, 0.1) is 12.6 Å². The van der Waals surface area contributed by atoms with Gasteiger partial charge in [-0.05, 0) is 18.9 Å². The van der Waals surface area contributed by atoms with Gasteiger partial charge >= 0.3 is 0 Å². The minimum atomic E-state index is -0.592. The van der Waals surface area contributed by atoms with E-state index in [0.29, 0.717) is 23.3 Å². The molecule has 0 saturated heterocycles. The lowest BCUT2D eigenvalue weighted by atomic mass is 9.94. The Labute approximate surface area is 111 Å². The van der Waals surface area contributed by atoms with Gasteiger partial charge in [0, 0.05) is 6.07 Å². The fourth-order valence-corrected chi connectivity index (χ4v) is 1.63. The topological polar surface area (TPSA) is 100.0 Å². The molecule has 0 aromatic carbocycles. The van der Waals surface area contributed by atoms with Gasteiger partial charge in [0.15, 0.2) is 0 Å². The maximum absolute atomic E-state index is 6.20. The van der Waals surface area contributed by atoms with Crippen molar-refractivity contribution in [2.45, 2.75) is 32.2 Å². The third-order valence-corrected chi connectivity index (χ3v) is 3.19. The Morgan fingerprint density at radius 2 is 2.00 bits per heavy atom. The summed E-state index contributed by atoms with van der Waals surface area (Å²) in [5.74, 6) is 1.23. The Hall–Kier alpha value is -2.02. The van der Waals surface area contributed by atoms with Crippen molar-refractivity contribution in [3.8, 4) is 17.4 Å². The van der Waals surface area contributed by atoms with E-state index in [1.807, 2.05) is 13.8 Å². The van der Waals surface area contributed by atoms with Crippen LogP contribution in [0.4, 0.5) is 0 Å². The van der Waals surface area contributed by atoms with E-state index in [1.165, 1.54) is 7.11 Å². The van der Waals surface area contributed by atoms with Crippen molar-refractivity contribution in [1.29, 1.82) is 0 Å². The first-order chi connectivity index (χ1) is 9.12. The summed E-state index contributed by atoms with van der Waals surface area (Å²) >= 11 is 0. The number of nitrogens with two attached hydrogens (primary N) is 1. The Balaban J connectivity index is 2.29. The fourth-order valence-electron chi connectivity index (χ4n) is 1.63. The van der Waals surface area contributed by atoms with Gasteiger partial charge < -0.3 is 15.0 Å². The van der Waals surface area contributed by atoms with Gasteiger partial charge in [-0.3, -0.25) is 0 Å². The van der Waals surface area contributed by atoms with Gasteiger partial charge in [-0.2, -0.15) is 4.98 Å². The predicted molar refractivity (Wildman–Crippen MR) is 68.3 cm³/mol. The van der Waals surface area contributed by atoms with Crippen LogP contribution in [0, 0.1) is 0 Å². The zero-order valence-electron chi connectivity index (χ0n) is 11.3.